The lowest BCUT2D eigenvalue weighted by molar-refractivity contribution is -0.116. The Hall–Kier alpha value is -3.02. The minimum Gasteiger partial charge on any atom is -0.497 e. The summed E-state index contributed by atoms with van der Waals surface area (Å²) in [6.45, 7) is 2.16. The van der Waals surface area contributed by atoms with Crippen molar-refractivity contribution in [1.82, 2.24) is 10.2 Å². The Morgan fingerprint density at radius 3 is 2.70 bits per heavy atom. The van der Waals surface area contributed by atoms with Gasteiger partial charge < -0.3 is 14.1 Å². The highest BCUT2D eigenvalue weighted by Gasteiger charge is 2.18. The van der Waals surface area contributed by atoms with Crippen LogP contribution in [0.15, 0.2) is 52.1 Å². The van der Waals surface area contributed by atoms with Crippen molar-refractivity contribution in [2.45, 2.75) is 18.6 Å². The summed E-state index contributed by atoms with van der Waals surface area (Å²) < 4.78 is 10.8. The summed E-state index contributed by atoms with van der Waals surface area (Å²) in [5.74, 6) is 1.02. The van der Waals surface area contributed by atoms with Crippen molar-refractivity contribution in [1.29, 1.82) is 5.26 Å². The Bertz CT molecular complexity index is 1060. The second-order valence-corrected chi connectivity index (χ2v) is 7.61. The van der Waals surface area contributed by atoms with Gasteiger partial charge in [-0.25, -0.2) is 0 Å². The van der Waals surface area contributed by atoms with Crippen LogP contribution in [0.1, 0.15) is 12.0 Å². The molecule has 0 aliphatic rings. The maximum atomic E-state index is 12.8. The van der Waals surface area contributed by atoms with E-state index in [2.05, 4.69) is 16.3 Å². The number of anilines is 1. The highest BCUT2D eigenvalue weighted by Crippen LogP contribution is 2.27. The topological polar surface area (TPSA) is 92.3 Å². The Morgan fingerprint density at radius 2 is 2.03 bits per heavy atom. The van der Waals surface area contributed by atoms with E-state index in [9.17, 15) is 4.79 Å². The van der Waals surface area contributed by atoms with E-state index in [0.29, 0.717) is 21.8 Å². The summed E-state index contributed by atoms with van der Waals surface area (Å²) >= 11 is 7.24. The third-order valence-corrected chi connectivity index (χ3v) is 5.49. The molecule has 1 aromatic heterocycles. The standard InChI is InChI=1S/C21H19ClN4O3S/c1-14-12-16(6-9-18(14)22)26(11-3-10-23)19(27)13-30-21-25-24-20(29-21)15-4-7-17(28-2)8-5-15/h4-9,12H,3,11,13H2,1-2H3. The number of carbonyl (C=O) groups is 1. The molecule has 154 valence electrons. The molecule has 30 heavy (non-hydrogen) atoms. The number of aromatic nitrogens is 2. The number of benzene rings is 2. The molecular formula is C21H19ClN4O3S. The first-order valence-corrected chi connectivity index (χ1v) is 10.4. The molecule has 1 heterocycles. The zero-order valence-electron chi connectivity index (χ0n) is 16.5. The highest BCUT2D eigenvalue weighted by molar-refractivity contribution is 7.99. The lowest BCUT2D eigenvalue weighted by Gasteiger charge is -2.22. The number of carbonyl (C=O) groups excluding carboxylic acids is 1. The summed E-state index contributed by atoms with van der Waals surface area (Å²) in [5, 5.41) is 17.9. The molecule has 0 spiro atoms. The third-order valence-electron chi connectivity index (χ3n) is 4.26. The Balaban J connectivity index is 1.68. The maximum absolute atomic E-state index is 12.8. The molecule has 0 bridgehead atoms. The fourth-order valence-corrected chi connectivity index (χ4v) is 3.43. The number of thioether (sulfide) groups is 1. The van der Waals surface area contributed by atoms with Gasteiger partial charge in [-0.05, 0) is 55.0 Å². The average Bonchev–Trinajstić information content (AvgIpc) is 3.24. The van der Waals surface area contributed by atoms with Gasteiger partial charge in [0.2, 0.25) is 11.8 Å². The van der Waals surface area contributed by atoms with Gasteiger partial charge in [0, 0.05) is 22.8 Å². The van der Waals surface area contributed by atoms with Crippen LogP contribution >= 0.6 is 23.4 Å². The van der Waals surface area contributed by atoms with Crippen molar-refractivity contribution in [3.05, 3.63) is 53.1 Å². The number of methoxy groups -OCH3 is 1. The van der Waals surface area contributed by atoms with Crippen LogP contribution in [0, 0.1) is 18.3 Å². The molecule has 1 amide bonds. The fourth-order valence-electron chi connectivity index (χ4n) is 2.68. The van der Waals surface area contributed by atoms with Gasteiger partial charge in [0.05, 0.1) is 25.4 Å². The van der Waals surface area contributed by atoms with Crippen LogP contribution in [-0.2, 0) is 4.79 Å². The molecule has 0 saturated heterocycles. The first-order chi connectivity index (χ1) is 14.5. The normalized spacial score (nSPS) is 10.5. The number of nitrogens with zero attached hydrogens (tertiary/aromatic N) is 4. The molecule has 0 unspecified atom stereocenters. The van der Waals surface area contributed by atoms with E-state index in [0.717, 1.165) is 28.6 Å². The zero-order chi connectivity index (χ0) is 21.5. The van der Waals surface area contributed by atoms with Gasteiger partial charge in [-0.1, -0.05) is 23.4 Å². The number of hydrogen-bond donors (Lipinski definition) is 0. The van der Waals surface area contributed by atoms with Crippen molar-refractivity contribution >= 4 is 35.0 Å². The van der Waals surface area contributed by atoms with Crippen molar-refractivity contribution in [2.75, 3.05) is 24.3 Å². The number of amides is 1. The molecule has 7 nitrogen and oxygen atoms in total. The van der Waals surface area contributed by atoms with E-state index in [1.807, 2.05) is 25.1 Å². The molecule has 3 aromatic rings. The fraction of sp³-hybridized carbons (Fsp3) is 0.238. The molecule has 2 aromatic carbocycles. The first kappa shape index (κ1) is 21.7. The molecule has 0 fully saturated rings. The van der Waals surface area contributed by atoms with Gasteiger partial charge in [0.1, 0.15) is 5.75 Å². The minimum absolute atomic E-state index is 0.0946. The molecule has 0 aliphatic carbocycles. The summed E-state index contributed by atoms with van der Waals surface area (Å²) in [7, 11) is 1.60. The summed E-state index contributed by atoms with van der Waals surface area (Å²) in [6, 6.07) is 14.7. The van der Waals surface area contributed by atoms with Gasteiger partial charge in [-0.2, -0.15) is 5.26 Å². The van der Waals surface area contributed by atoms with Gasteiger partial charge >= 0.3 is 0 Å². The Morgan fingerprint density at radius 1 is 1.27 bits per heavy atom. The van der Waals surface area contributed by atoms with Gasteiger partial charge in [-0.3, -0.25) is 4.79 Å². The highest BCUT2D eigenvalue weighted by atomic mass is 35.5. The van der Waals surface area contributed by atoms with Crippen molar-refractivity contribution in [2.24, 2.45) is 0 Å². The molecule has 0 saturated carbocycles. The number of rotatable bonds is 8. The molecule has 3 rings (SSSR count). The summed E-state index contributed by atoms with van der Waals surface area (Å²) in [6.07, 6.45) is 0.222. The van der Waals surface area contributed by atoms with Crippen molar-refractivity contribution in [3.8, 4) is 23.3 Å². The lowest BCUT2D eigenvalue weighted by Crippen LogP contribution is -2.33. The zero-order valence-corrected chi connectivity index (χ0v) is 18.0. The van der Waals surface area contributed by atoms with Crippen LogP contribution in [0.5, 0.6) is 5.75 Å². The Kier molecular flexibility index (Phi) is 7.33. The quantitative estimate of drug-likeness (QED) is 0.465. The van der Waals surface area contributed by atoms with Crippen molar-refractivity contribution < 1.29 is 13.9 Å². The van der Waals surface area contributed by atoms with Crippen LogP contribution in [0.2, 0.25) is 5.02 Å². The number of nitriles is 1. The van der Waals surface area contributed by atoms with Gasteiger partial charge in [0.25, 0.3) is 5.22 Å². The van der Waals surface area contributed by atoms with Crippen LogP contribution in [0.3, 0.4) is 0 Å². The molecule has 9 heteroatoms. The van der Waals surface area contributed by atoms with Gasteiger partial charge in [-0.15, -0.1) is 10.2 Å². The number of ether oxygens (including phenoxy) is 1. The van der Waals surface area contributed by atoms with E-state index in [-0.39, 0.29) is 24.6 Å². The molecular weight excluding hydrogens is 424 g/mol. The second kappa shape index (κ2) is 10.1. The van der Waals surface area contributed by atoms with E-state index < -0.39 is 0 Å². The van der Waals surface area contributed by atoms with E-state index >= 15 is 0 Å². The lowest BCUT2D eigenvalue weighted by atomic mass is 10.2. The molecule has 0 atom stereocenters. The van der Waals surface area contributed by atoms with Crippen LogP contribution in [-0.4, -0.2) is 35.5 Å². The summed E-state index contributed by atoms with van der Waals surface area (Å²) in [5.41, 5.74) is 2.31. The largest absolute Gasteiger partial charge is 0.497 e. The monoisotopic (exact) mass is 442 g/mol. The van der Waals surface area contributed by atoms with Crippen LogP contribution in [0.4, 0.5) is 5.69 Å². The maximum Gasteiger partial charge on any atom is 0.277 e. The summed E-state index contributed by atoms with van der Waals surface area (Å²) in [4.78, 5) is 14.4. The average molecular weight is 443 g/mol. The number of aryl methyl sites for hydroxylation is 1. The van der Waals surface area contributed by atoms with Gasteiger partial charge in [0.15, 0.2) is 0 Å². The van der Waals surface area contributed by atoms with Crippen molar-refractivity contribution in [3.63, 3.8) is 0 Å². The van der Waals surface area contributed by atoms with E-state index in [1.165, 1.54) is 0 Å². The van der Waals surface area contributed by atoms with Crippen LogP contribution < -0.4 is 9.64 Å². The van der Waals surface area contributed by atoms with E-state index in [1.54, 1.807) is 36.3 Å². The number of hydrogen-bond acceptors (Lipinski definition) is 7. The predicted molar refractivity (Wildman–Crippen MR) is 116 cm³/mol. The SMILES string of the molecule is COc1ccc(-c2nnc(SCC(=O)N(CCC#N)c3ccc(Cl)c(C)c3)o2)cc1. The predicted octanol–water partition coefficient (Wildman–Crippen LogP) is 4.75. The molecule has 0 N–H and O–H groups in total. The minimum atomic E-state index is -0.166. The molecule has 0 aliphatic heterocycles. The van der Waals surface area contributed by atoms with Crippen LogP contribution in [0.25, 0.3) is 11.5 Å². The first-order valence-electron chi connectivity index (χ1n) is 9.06. The second-order valence-electron chi connectivity index (χ2n) is 6.28. The third kappa shape index (κ3) is 5.32. The smallest absolute Gasteiger partial charge is 0.277 e. The Labute approximate surface area is 183 Å². The molecule has 0 radical (unpaired) electrons. The van der Waals surface area contributed by atoms with E-state index in [4.69, 9.17) is 26.0 Å². The number of halogens is 1.